The fraction of sp³-hybridized carbons (Fsp3) is 0.524. The van der Waals surface area contributed by atoms with Crippen molar-refractivity contribution in [3.63, 3.8) is 0 Å². The molecule has 0 aliphatic carbocycles. The molecule has 5 aromatic heterocycles. The monoisotopic (exact) mass is 876 g/mol. The van der Waals surface area contributed by atoms with Gasteiger partial charge in [-0.05, 0) is 25.7 Å². The first-order valence-corrected chi connectivity index (χ1v) is 24.5. The van der Waals surface area contributed by atoms with Crippen LogP contribution in [0.15, 0.2) is 21.5 Å². The zero-order valence-corrected chi connectivity index (χ0v) is 36.7. The second-order valence-corrected chi connectivity index (χ2v) is 18.5. The fourth-order valence-electron chi connectivity index (χ4n) is 6.89. The summed E-state index contributed by atoms with van der Waals surface area (Å²) in [5.41, 5.74) is 0. The minimum atomic E-state index is 0. The van der Waals surface area contributed by atoms with Crippen LogP contribution in [0.25, 0.3) is 19.5 Å². The van der Waals surface area contributed by atoms with E-state index in [2.05, 4.69) is 24.6 Å². The molecule has 0 spiro atoms. The van der Waals surface area contributed by atoms with Gasteiger partial charge in [0, 0.05) is 21.5 Å². The standard InChI is InChI=1S/C18H14O6S3.2C12H18O2S/c1-3-21-11-9(19-1)7-25-15(11)17-13-14(24-6-5-23-13)18(27-17)16-12-10(8-26-16)20-2-4-22-12;2*1-2-3-4-5-6-11-12-10(9-15-11)13-7-8-14-12/h7-8H,1-6H2;2*9H,2-8H2,1H3/p+2. The predicted molar refractivity (Wildman–Crippen MR) is 232 cm³/mol. The largest absolute Gasteiger partial charge is 1.00 e. The Labute approximate surface area is 357 Å². The molecule has 10 heterocycles. The second-order valence-electron chi connectivity index (χ2n) is 13.7. The van der Waals surface area contributed by atoms with Crippen molar-refractivity contribution < 1.29 is 50.2 Å². The van der Waals surface area contributed by atoms with Crippen LogP contribution < -0.4 is 47.4 Å². The van der Waals surface area contributed by atoms with E-state index in [0.717, 1.165) is 89.8 Å². The van der Waals surface area contributed by atoms with Crippen LogP contribution in [0.3, 0.4) is 0 Å². The summed E-state index contributed by atoms with van der Waals surface area (Å²) in [6, 6.07) is 0. The summed E-state index contributed by atoms with van der Waals surface area (Å²) in [6.07, 6.45) is 12.7. The number of hydrogen-bond acceptors (Lipinski definition) is 15. The summed E-state index contributed by atoms with van der Waals surface area (Å²) in [5, 5.41) is 8.12. The topological polar surface area (TPSA) is 92.3 Å². The Bertz CT molecular complexity index is 1910. The maximum absolute atomic E-state index is 6.02. The molecule has 0 atom stereocenters. The molecule has 0 saturated carbocycles. The summed E-state index contributed by atoms with van der Waals surface area (Å²) < 4.78 is 57.5. The van der Waals surface area contributed by atoms with E-state index in [1.54, 1.807) is 56.7 Å². The molecule has 0 aromatic carbocycles. The van der Waals surface area contributed by atoms with Gasteiger partial charge in [-0.3, -0.25) is 0 Å². The first kappa shape index (κ1) is 40.3. The molecule has 308 valence electrons. The van der Waals surface area contributed by atoms with E-state index in [-0.39, 0.29) is 2.85 Å². The third-order valence-corrected chi connectivity index (χ3v) is 15.0. The van der Waals surface area contributed by atoms with Gasteiger partial charge >= 0.3 is 2.85 Å². The highest BCUT2D eigenvalue weighted by Gasteiger charge is 2.33. The Balaban J connectivity index is 0.000000158. The van der Waals surface area contributed by atoms with Crippen molar-refractivity contribution in [3.05, 3.63) is 31.3 Å². The molecule has 0 N–H and O–H groups in total. The van der Waals surface area contributed by atoms with Gasteiger partial charge in [0.25, 0.3) is 0 Å². The van der Waals surface area contributed by atoms with Crippen molar-refractivity contribution in [1.29, 1.82) is 0 Å². The Hall–Kier alpha value is -3.50. The minimum Gasteiger partial charge on any atom is -0.485 e. The number of aryl methyl sites for hydroxylation is 2. The lowest BCUT2D eigenvalue weighted by Gasteiger charge is -2.19. The van der Waals surface area contributed by atoms with E-state index in [4.69, 9.17) is 47.4 Å². The predicted octanol–water partition coefficient (Wildman–Crippen LogP) is 12.0. The first-order valence-electron chi connectivity index (χ1n) is 20.1. The van der Waals surface area contributed by atoms with Gasteiger partial charge < -0.3 is 47.4 Å². The summed E-state index contributed by atoms with van der Waals surface area (Å²) in [6.45, 7) is 10.6. The molecular weight excluding hydrogens is 825 g/mol. The van der Waals surface area contributed by atoms with E-state index in [9.17, 15) is 0 Å². The first-order chi connectivity index (χ1) is 28.2. The quantitative estimate of drug-likeness (QED) is 0.113. The molecule has 0 unspecified atom stereocenters. The van der Waals surface area contributed by atoms with Gasteiger partial charge in [0.1, 0.15) is 66.1 Å². The highest BCUT2D eigenvalue weighted by atomic mass is 32.1. The van der Waals surface area contributed by atoms with E-state index >= 15 is 0 Å². The highest BCUT2D eigenvalue weighted by molar-refractivity contribution is 7.27. The Kier molecular flexibility index (Phi) is 14.1. The van der Waals surface area contributed by atoms with Crippen LogP contribution >= 0.6 is 56.7 Å². The Morgan fingerprint density at radius 3 is 1.11 bits per heavy atom. The number of rotatable bonds is 12. The molecular formula is C42H52O10S5+2. The average molecular weight is 877 g/mol. The molecule has 0 fully saturated rings. The normalized spacial score (nSPS) is 15.5. The Morgan fingerprint density at radius 1 is 0.368 bits per heavy atom. The van der Waals surface area contributed by atoms with E-state index in [1.807, 2.05) is 10.8 Å². The van der Waals surface area contributed by atoms with Crippen LogP contribution in [0, 0.1) is 0 Å². The van der Waals surface area contributed by atoms with Crippen molar-refractivity contribution in [3.8, 4) is 77.0 Å². The number of fused-ring (bicyclic) bond motifs is 5. The van der Waals surface area contributed by atoms with Crippen LogP contribution in [0.1, 0.15) is 77.8 Å². The van der Waals surface area contributed by atoms with Crippen LogP contribution in [-0.2, 0) is 12.8 Å². The number of ether oxygens (including phenoxy) is 10. The van der Waals surface area contributed by atoms with Gasteiger partial charge in [0.05, 0.1) is 29.3 Å². The van der Waals surface area contributed by atoms with Gasteiger partial charge in [-0.15, -0.1) is 56.7 Å². The molecule has 5 aliphatic rings. The zero-order chi connectivity index (χ0) is 38.8. The van der Waals surface area contributed by atoms with Crippen molar-refractivity contribution in [2.45, 2.75) is 78.1 Å². The summed E-state index contributed by atoms with van der Waals surface area (Å²) in [4.78, 5) is 6.78. The second kappa shape index (κ2) is 20.0. The SMILES string of the molecule is CCCCCCc1scc2c1OCCO2.CCCCCCc1scc2c1OCCO2.[H+].[H+].c1sc(-c2sc(-c3scc4c3OCCO4)c3c2OCCO3)c2c1OCCO2. The summed E-state index contributed by atoms with van der Waals surface area (Å²) in [5.74, 6) is 8.68. The third-order valence-electron chi connectivity index (χ3n) is 9.67. The van der Waals surface area contributed by atoms with Crippen LogP contribution in [0.5, 0.6) is 57.5 Å². The summed E-state index contributed by atoms with van der Waals surface area (Å²) in [7, 11) is 0. The number of thiophene rings is 5. The molecule has 15 heteroatoms. The van der Waals surface area contributed by atoms with Crippen LogP contribution in [0.2, 0.25) is 0 Å². The van der Waals surface area contributed by atoms with Crippen LogP contribution in [0.4, 0.5) is 0 Å². The van der Waals surface area contributed by atoms with Gasteiger partial charge in [-0.2, -0.15) is 0 Å². The molecule has 0 bridgehead atoms. The average Bonchev–Trinajstić information content (AvgIpc) is 4.11. The Morgan fingerprint density at radius 2 is 0.702 bits per heavy atom. The van der Waals surface area contributed by atoms with Crippen molar-refractivity contribution in [2.75, 3.05) is 66.1 Å². The molecule has 0 amide bonds. The molecule has 0 radical (unpaired) electrons. The number of hydrogen-bond donors (Lipinski definition) is 0. The zero-order valence-electron chi connectivity index (χ0n) is 34.6. The van der Waals surface area contributed by atoms with Gasteiger partial charge in [0.15, 0.2) is 57.5 Å². The number of unbranched alkanes of at least 4 members (excludes halogenated alkanes) is 6. The summed E-state index contributed by atoms with van der Waals surface area (Å²) >= 11 is 8.39. The molecule has 0 saturated heterocycles. The van der Waals surface area contributed by atoms with E-state index < -0.39 is 0 Å². The molecule has 57 heavy (non-hydrogen) atoms. The maximum atomic E-state index is 6.02. The molecule has 5 aromatic rings. The maximum Gasteiger partial charge on any atom is 1.00 e. The molecule has 5 aliphatic heterocycles. The van der Waals surface area contributed by atoms with Gasteiger partial charge in [-0.25, -0.2) is 0 Å². The van der Waals surface area contributed by atoms with Crippen LogP contribution in [-0.4, -0.2) is 66.1 Å². The smallest absolute Gasteiger partial charge is 0.485 e. The van der Waals surface area contributed by atoms with Crippen molar-refractivity contribution >= 4 is 56.7 Å². The molecule has 10 nitrogen and oxygen atoms in total. The fourth-order valence-corrected chi connectivity index (χ4v) is 12.1. The van der Waals surface area contributed by atoms with E-state index in [1.165, 1.54) is 61.1 Å². The lowest BCUT2D eigenvalue weighted by molar-refractivity contribution is 0.171. The lowest BCUT2D eigenvalue weighted by Crippen LogP contribution is -2.16. The molecule has 10 rings (SSSR count). The third kappa shape index (κ3) is 9.38. The van der Waals surface area contributed by atoms with Gasteiger partial charge in [-0.1, -0.05) is 52.4 Å². The van der Waals surface area contributed by atoms with Gasteiger partial charge in [0.2, 0.25) is 0 Å². The highest BCUT2D eigenvalue weighted by Crippen LogP contribution is 2.61. The van der Waals surface area contributed by atoms with Crippen molar-refractivity contribution in [2.24, 2.45) is 0 Å². The lowest BCUT2D eigenvalue weighted by atomic mass is 10.1. The van der Waals surface area contributed by atoms with E-state index in [0.29, 0.717) is 66.1 Å². The van der Waals surface area contributed by atoms with Crippen molar-refractivity contribution in [1.82, 2.24) is 0 Å². The minimum absolute atomic E-state index is 0.